The number of ether oxygens (including phenoxy) is 1. The summed E-state index contributed by atoms with van der Waals surface area (Å²) in [7, 11) is 1.70. The third kappa shape index (κ3) is 3.78. The molecule has 0 fully saturated rings. The highest BCUT2D eigenvalue weighted by atomic mass is 16.5. The Morgan fingerprint density at radius 3 is 2.64 bits per heavy atom. The molecule has 4 heteroatoms. The molecule has 1 atom stereocenters. The van der Waals surface area contributed by atoms with Gasteiger partial charge in [-0.1, -0.05) is 42.5 Å². The van der Waals surface area contributed by atoms with Crippen molar-refractivity contribution in [3.05, 3.63) is 83.7 Å². The minimum absolute atomic E-state index is 0.279. The molecule has 4 rings (SSSR count). The Hall–Kier alpha value is -3.11. The van der Waals surface area contributed by atoms with Gasteiger partial charge >= 0.3 is 0 Å². The number of nitrogens with zero attached hydrogens (tertiary/aromatic N) is 1. The van der Waals surface area contributed by atoms with Gasteiger partial charge in [-0.25, -0.2) is 4.98 Å². The second-order valence-electron chi connectivity index (χ2n) is 6.96. The van der Waals surface area contributed by atoms with Gasteiger partial charge in [0.25, 0.3) is 0 Å². The molecule has 4 aromatic rings. The van der Waals surface area contributed by atoms with Gasteiger partial charge in [0.1, 0.15) is 11.3 Å². The van der Waals surface area contributed by atoms with E-state index in [0.29, 0.717) is 5.89 Å². The number of hydrogen-bond donors (Lipinski definition) is 1. The minimum Gasteiger partial charge on any atom is -0.496 e. The molecule has 0 aliphatic rings. The molecule has 0 saturated carbocycles. The highest BCUT2D eigenvalue weighted by Crippen LogP contribution is 2.33. The van der Waals surface area contributed by atoms with Gasteiger partial charge in [-0.3, -0.25) is 0 Å². The summed E-state index contributed by atoms with van der Waals surface area (Å²) in [6.45, 7) is 4.82. The molecule has 3 aromatic carbocycles. The molecule has 4 nitrogen and oxygen atoms in total. The zero-order valence-electron chi connectivity index (χ0n) is 16.4. The number of aromatic nitrogens is 1. The smallest absolute Gasteiger partial charge is 0.192 e. The van der Waals surface area contributed by atoms with E-state index < -0.39 is 0 Å². The van der Waals surface area contributed by atoms with Crippen LogP contribution in [0.5, 0.6) is 5.75 Å². The third-order valence-electron chi connectivity index (χ3n) is 4.98. The van der Waals surface area contributed by atoms with Gasteiger partial charge in [0, 0.05) is 25.1 Å². The predicted octanol–water partition coefficient (Wildman–Crippen LogP) is 5.66. The van der Waals surface area contributed by atoms with E-state index in [1.54, 1.807) is 7.11 Å². The molecular formula is C24H24N2O2. The Bertz CT molecular complexity index is 1090. The van der Waals surface area contributed by atoms with E-state index in [4.69, 9.17) is 9.15 Å². The van der Waals surface area contributed by atoms with Gasteiger partial charge in [0.05, 0.1) is 7.11 Å². The molecule has 0 amide bonds. The van der Waals surface area contributed by atoms with Gasteiger partial charge in [-0.05, 0) is 47.9 Å². The van der Waals surface area contributed by atoms with Crippen molar-refractivity contribution in [2.75, 3.05) is 7.11 Å². The molecule has 0 saturated heterocycles. The molecule has 0 aliphatic heterocycles. The fourth-order valence-electron chi connectivity index (χ4n) is 3.43. The van der Waals surface area contributed by atoms with E-state index in [2.05, 4.69) is 59.7 Å². The lowest BCUT2D eigenvalue weighted by Gasteiger charge is -2.16. The van der Waals surface area contributed by atoms with E-state index in [1.807, 2.05) is 31.2 Å². The van der Waals surface area contributed by atoms with Crippen molar-refractivity contribution < 1.29 is 9.15 Å². The van der Waals surface area contributed by atoms with Gasteiger partial charge in [-0.15, -0.1) is 0 Å². The summed E-state index contributed by atoms with van der Waals surface area (Å²) in [5.41, 5.74) is 6.26. The lowest BCUT2D eigenvalue weighted by Crippen LogP contribution is -2.18. The van der Waals surface area contributed by atoms with Crippen LogP contribution >= 0.6 is 0 Å². The van der Waals surface area contributed by atoms with Crippen molar-refractivity contribution in [3.63, 3.8) is 0 Å². The number of oxazole rings is 1. The monoisotopic (exact) mass is 372 g/mol. The van der Waals surface area contributed by atoms with Crippen molar-refractivity contribution in [1.82, 2.24) is 10.3 Å². The molecule has 142 valence electrons. The Balaban J connectivity index is 1.60. The van der Waals surface area contributed by atoms with Crippen LogP contribution in [0.4, 0.5) is 0 Å². The SMILES string of the molecule is COc1ccc(CN[C@H](C)c2ccccc2)cc1-c1ccc2oc(C)nc2c1. The van der Waals surface area contributed by atoms with Crippen molar-refractivity contribution in [3.8, 4) is 16.9 Å². The molecule has 0 aliphatic carbocycles. The fourth-order valence-corrected chi connectivity index (χ4v) is 3.43. The lowest BCUT2D eigenvalue weighted by molar-refractivity contribution is 0.416. The molecule has 1 heterocycles. The number of benzene rings is 3. The van der Waals surface area contributed by atoms with Crippen LogP contribution in [0.1, 0.15) is 30.0 Å². The van der Waals surface area contributed by atoms with E-state index in [-0.39, 0.29) is 6.04 Å². The summed E-state index contributed by atoms with van der Waals surface area (Å²) in [6.07, 6.45) is 0. The van der Waals surface area contributed by atoms with Gasteiger partial charge in [0.15, 0.2) is 11.5 Å². The molecule has 0 bridgehead atoms. The lowest BCUT2D eigenvalue weighted by atomic mass is 10.0. The van der Waals surface area contributed by atoms with Gasteiger partial charge in [0.2, 0.25) is 0 Å². The average molecular weight is 372 g/mol. The highest BCUT2D eigenvalue weighted by Gasteiger charge is 2.11. The topological polar surface area (TPSA) is 47.3 Å². The van der Waals surface area contributed by atoms with Crippen LogP contribution in [0.3, 0.4) is 0 Å². The third-order valence-corrected chi connectivity index (χ3v) is 4.98. The number of fused-ring (bicyclic) bond motifs is 1. The molecule has 1 N–H and O–H groups in total. The van der Waals surface area contributed by atoms with Crippen LogP contribution in [-0.4, -0.2) is 12.1 Å². The summed E-state index contributed by atoms with van der Waals surface area (Å²) < 4.78 is 11.2. The molecule has 0 unspecified atom stereocenters. The Labute approximate surface area is 165 Å². The van der Waals surface area contributed by atoms with Crippen LogP contribution < -0.4 is 10.1 Å². The molecule has 1 aromatic heterocycles. The first-order chi connectivity index (χ1) is 13.6. The van der Waals surface area contributed by atoms with E-state index in [0.717, 1.165) is 34.5 Å². The van der Waals surface area contributed by atoms with E-state index in [1.165, 1.54) is 11.1 Å². The van der Waals surface area contributed by atoms with Crippen LogP contribution in [0, 0.1) is 6.92 Å². The van der Waals surface area contributed by atoms with Crippen LogP contribution in [0.2, 0.25) is 0 Å². The maximum absolute atomic E-state index is 5.60. The van der Waals surface area contributed by atoms with Crippen molar-refractivity contribution >= 4 is 11.1 Å². The fraction of sp³-hybridized carbons (Fsp3) is 0.208. The van der Waals surface area contributed by atoms with Crippen molar-refractivity contribution in [1.29, 1.82) is 0 Å². The van der Waals surface area contributed by atoms with Gasteiger partial charge in [-0.2, -0.15) is 0 Å². The summed E-state index contributed by atoms with van der Waals surface area (Å²) in [4.78, 5) is 4.45. The molecule has 0 radical (unpaired) electrons. The predicted molar refractivity (Wildman–Crippen MR) is 112 cm³/mol. The Morgan fingerprint density at radius 1 is 1.04 bits per heavy atom. The first-order valence-electron chi connectivity index (χ1n) is 9.47. The zero-order chi connectivity index (χ0) is 19.5. The van der Waals surface area contributed by atoms with Crippen LogP contribution in [0.25, 0.3) is 22.2 Å². The first kappa shape index (κ1) is 18.3. The second-order valence-corrected chi connectivity index (χ2v) is 6.96. The number of methoxy groups -OCH3 is 1. The highest BCUT2D eigenvalue weighted by molar-refractivity contribution is 5.82. The van der Waals surface area contributed by atoms with Crippen LogP contribution in [0.15, 0.2) is 71.1 Å². The molecule has 28 heavy (non-hydrogen) atoms. The van der Waals surface area contributed by atoms with Crippen molar-refractivity contribution in [2.24, 2.45) is 0 Å². The van der Waals surface area contributed by atoms with E-state index in [9.17, 15) is 0 Å². The van der Waals surface area contributed by atoms with Crippen LogP contribution in [-0.2, 0) is 6.54 Å². The maximum Gasteiger partial charge on any atom is 0.192 e. The molecule has 0 spiro atoms. The number of nitrogens with one attached hydrogen (secondary N) is 1. The number of hydrogen-bond acceptors (Lipinski definition) is 4. The largest absolute Gasteiger partial charge is 0.496 e. The van der Waals surface area contributed by atoms with E-state index >= 15 is 0 Å². The standard InChI is InChI=1S/C24H24N2O2/c1-16(19-7-5-4-6-8-19)25-15-18-9-11-23(27-3)21(13-18)20-10-12-24-22(14-20)26-17(2)28-24/h4-14,16,25H,15H2,1-3H3/t16-/m1/s1. The normalized spacial score (nSPS) is 12.2. The summed E-state index contributed by atoms with van der Waals surface area (Å²) in [6, 6.07) is 23.1. The van der Waals surface area contributed by atoms with Gasteiger partial charge < -0.3 is 14.5 Å². The summed E-state index contributed by atoms with van der Waals surface area (Å²) >= 11 is 0. The quantitative estimate of drug-likeness (QED) is 0.474. The maximum atomic E-state index is 5.60. The number of aryl methyl sites for hydroxylation is 1. The Kier molecular flexibility index (Phi) is 5.13. The minimum atomic E-state index is 0.279. The Morgan fingerprint density at radius 2 is 1.86 bits per heavy atom. The average Bonchev–Trinajstić information content (AvgIpc) is 3.11. The number of rotatable bonds is 6. The van der Waals surface area contributed by atoms with Crippen molar-refractivity contribution in [2.45, 2.75) is 26.4 Å². The molecular weight excluding hydrogens is 348 g/mol. The summed E-state index contributed by atoms with van der Waals surface area (Å²) in [5.74, 6) is 1.52. The zero-order valence-corrected chi connectivity index (χ0v) is 16.4. The first-order valence-corrected chi connectivity index (χ1v) is 9.47. The summed E-state index contributed by atoms with van der Waals surface area (Å²) in [5, 5.41) is 3.60. The second kappa shape index (κ2) is 7.87.